The molecule has 0 bridgehead atoms. The highest BCUT2D eigenvalue weighted by atomic mass is 16.3. The Bertz CT molecular complexity index is 869. The van der Waals surface area contributed by atoms with Crippen LogP contribution in [-0.4, -0.2) is 5.11 Å². The third kappa shape index (κ3) is 2.91. The predicted molar refractivity (Wildman–Crippen MR) is 96.1 cm³/mol. The number of rotatable bonds is 3. The molecule has 0 radical (unpaired) electrons. The number of aliphatic hydroxyl groups is 1. The molecule has 0 atom stereocenters. The van der Waals surface area contributed by atoms with Crippen molar-refractivity contribution in [1.82, 2.24) is 0 Å². The third-order valence-electron chi connectivity index (χ3n) is 4.27. The Morgan fingerprint density at radius 2 is 1.17 bits per heavy atom. The van der Waals surface area contributed by atoms with Gasteiger partial charge in [-0.05, 0) is 52.8 Å². The second-order valence-corrected chi connectivity index (χ2v) is 5.98. The molecule has 1 aliphatic carbocycles. The van der Waals surface area contributed by atoms with E-state index in [1.165, 1.54) is 22.3 Å². The fourth-order valence-electron chi connectivity index (χ4n) is 2.86. The largest absolute Gasteiger partial charge is 0.507 e. The quantitative estimate of drug-likeness (QED) is 0.581. The first-order chi connectivity index (χ1) is 11.3. The smallest absolute Gasteiger partial charge is 0.122 e. The van der Waals surface area contributed by atoms with Gasteiger partial charge in [-0.3, -0.25) is 0 Å². The fourth-order valence-corrected chi connectivity index (χ4v) is 2.86. The van der Waals surface area contributed by atoms with Gasteiger partial charge in [0.15, 0.2) is 0 Å². The first-order valence-electron chi connectivity index (χ1n) is 7.98. The van der Waals surface area contributed by atoms with Crippen molar-refractivity contribution in [3.8, 4) is 22.3 Å². The summed E-state index contributed by atoms with van der Waals surface area (Å²) in [6, 6.07) is 27.1. The standard InChI is InChI=1S/C22H18O/c23-22(17-12-13-17)21-11-5-10-20(15-21)19-9-4-8-18(14-19)16-6-2-1-3-7-16/h1-11,14-15,23H,12-13H2. The van der Waals surface area contributed by atoms with Crippen molar-refractivity contribution >= 4 is 5.76 Å². The Hall–Kier alpha value is -2.80. The summed E-state index contributed by atoms with van der Waals surface area (Å²) in [5.41, 5.74) is 6.81. The van der Waals surface area contributed by atoms with E-state index in [1.807, 2.05) is 18.2 Å². The van der Waals surface area contributed by atoms with Gasteiger partial charge < -0.3 is 5.11 Å². The zero-order valence-electron chi connectivity index (χ0n) is 12.9. The molecular formula is C22H18O. The zero-order chi connectivity index (χ0) is 15.6. The van der Waals surface area contributed by atoms with E-state index in [0.717, 1.165) is 24.0 Å². The highest BCUT2D eigenvalue weighted by Crippen LogP contribution is 2.36. The summed E-state index contributed by atoms with van der Waals surface area (Å²) >= 11 is 0. The average Bonchev–Trinajstić information content (AvgIpc) is 3.47. The third-order valence-corrected chi connectivity index (χ3v) is 4.27. The normalized spacial score (nSPS) is 13.0. The van der Waals surface area contributed by atoms with Crippen molar-refractivity contribution in [3.05, 3.63) is 90.0 Å². The highest BCUT2D eigenvalue weighted by Gasteiger charge is 2.18. The van der Waals surface area contributed by atoms with E-state index in [9.17, 15) is 5.11 Å². The maximum absolute atomic E-state index is 10.2. The van der Waals surface area contributed by atoms with Crippen LogP contribution in [0.5, 0.6) is 0 Å². The SMILES string of the molecule is OC(=C1CC1)c1cccc(-c2cccc(-c3ccccc3)c2)c1. The number of hydrogen-bond donors (Lipinski definition) is 1. The van der Waals surface area contributed by atoms with Crippen molar-refractivity contribution in [1.29, 1.82) is 0 Å². The monoisotopic (exact) mass is 298 g/mol. The molecule has 0 heterocycles. The highest BCUT2D eigenvalue weighted by molar-refractivity contribution is 5.76. The minimum Gasteiger partial charge on any atom is -0.507 e. The maximum Gasteiger partial charge on any atom is 0.122 e. The van der Waals surface area contributed by atoms with Crippen LogP contribution in [0.4, 0.5) is 0 Å². The first kappa shape index (κ1) is 13.8. The Labute approximate surface area is 136 Å². The minimum absolute atomic E-state index is 0.464. The fraction of sp³-hybridized carbons (Fsp3) is 0.0909. The lowest BCUT2D eigenvalue weighted by Crippen LogP contribution is -1.86. The van der Waals surface area contributed by atoms with Gasteiger partial charge in [0.2, 0.25) is 0 Å². The lowest BCUT2D eigenvalue weighted by Gasteiger charge is -2.08. The summed E-state index contributed by atoms with van der Waals surface area (Å²) in [5, 5.41) is 10.2. The van der Waals surface area contributed by atoms with Crippen LogP contribution in [0, 0.1) is 0 Å². The molecule has 1 heteroatoms. The Morgan fingerprint density at radius 3 is 1.87 bits per heavy atom. The predicted octanol–water partition coefficient (Wildman–Crippen LogP) is 6.08. The summed E-state index contributed by atoms with van der Waals surface area (Å²) in [7, 11) is 0. The molecule has 112 valence electrons. The van der Waals surface area contributed by atoms with Gasteiger partial charge in [0, 0.05) is 5.56 Å². The topological polar surface area (TPSA) is 20.2 Å². The second-order valence-electron chi connectivity index (χ2n) is 5.98. The molecule has 3 aromatic carbocycles. The van der Waals surface area contributed by atoms with Crippen LogP contribution in [0.2, 0.25) is 0 Å². The molecule has 4 rings (SSSR count). The minimum atomic E-state index is 0.464. The number of hydrogen-bond acceptors (Lipinski definition) is 1. The lowest BCUT2D eigenvalue weighted by molar-refractivity contribution is 0.509. The van der Waals surface area contributed by atoms with E-state index in [4.69, 9.17) is 0 Å². The first-order valence-corrected chi connectivity index (χ1v) is 7.98. The molecule has 1 aliphatic rings. The van der Waals surface area contributed by atoms with Gasteiger partial charge in [0.05, 0.1) is 0 Å². The van der Waals surface area contributed by atoms with Crippen molar-refractivity contribution in [2.24, 2.45) is 0 Å². The van der Waals surface area contributed by atoms with Crippen LogP contribution < -0.4 is 0 Å². The van der Waals surface area contributed by atoms with Crippen molar-refractivity contribution < 1.29 is 5.11 Å². The molecule has 1 N–H and O–H groups in total. The van der Waals surface area contributed by atoms with Gasteiger partial charge in [-0.25, -0.2) is 0 Å². The maximum atomic E-state index is 10.2. The molecular weight excluding hydrogens is 280 g/mol. The van der Waals surface area contributed by atoms with Crippen LogP contribution in [0.1, 0.15) is 18.4 Å². The molecule has 0 saturated heterocycles. The summed E-state index contributed by atoms with van der Waals surface area (Å²) in [5.74, 6) is 0.464. The van der Waals surface area contributed by atoms with Gasteiger partial charge >= 0.3 is 0 Å². The van der Waals surface area contributed by atoms with Gasteiger partial charge in [0.1, 0.15) is 5.76 Å². The number of aliphatic hydroxyl groups excluding tert-OH is 1. The van der Waals surface area contributed by atoms with E-state index in [-0.39, 0.29) is 0 Å². The molecule has 1 nitrogen and oxygen atoms in total. The van der Waals surface area contributed by atoms with E-state index in [2.05, 4.69) is 60.7 Å². The van der Waals surface area contributed by atoms with Crippen molar-refractivity contribution in [2.75, 3.05) is 0 Å². The Morgan fingerprint density at radius 1 is 0.609 bits per heavy atom. The van der Waals surface area contributed by atoms with E-state index in [1.54, 1.807) is 0 Å². The number of allylic oxidation sites excluding steroid dienone is 1. The summed E-state index contributed by atoms with van der Waals surface area (Å²) in [6.07, 6.45) is 2.05. The molecule has 0 amide bonds. The van der Waals surface area contributed by atoms with E-state index < -0.39 is 0 Å². The molecule has 1 saturated carbocycles. The Kier molecular flexibility index (Phi) is 3.47. The molecule has 0 spiro atoms. The molecule has 3 aromatic rings. The summed E-state index contributed by atoms with van der Waals surface area (Å²) in [4.78, 5) is 0. The van der Waals surface area contributed by atoms with Crippen LogP contribution in [0.15, 0.2) is 84.4 Å². The molecule has 0 aliphatic heterocycles. The van der Waals surface area contributed by atoms with Gasteiger partial charge in [-0.15, -0.1) is 0 Å². The van der Waals surface area contributed by atoms with Gasteiger partial charge in [-0.2, -0.15) is 0 Å². The van der Waals surface area contributed by atoms with Crippen LogP contribution in [0.3, 0.4) is 0 Å². The van der Waals surface area contributed by atoms with Crippen LogP contribution >= 0.6 is 0 Å². The van der Waals surface area contributed by atoms with Gasteiger partial charge in [-0.1, -0.05) is 66.7 Å². The van der Waals surface area contributed by atoms with Crippen molar-refractivity contribution in [2.45, 2.75) is 12.8 Å². The summed E-state index contributed by atoms with van der Waals surface area (Å²) in [6.45, 7) is 0. The van der Waals surface area contributed by atoms with E-state index in [0.29, 0.717) is 5.76 Å². The molecule has 0 unspecified atom stereocenters. The number of benzene rings is 3. The van der Waals surface area contributed by atoms with Crippen molar-refractivity contribution in [3.63, 3.8) is 0 Å². The molecule has 0 aromatic heterocycles. The van der Waals surface area contributed by atoms with Crippen LogP contribution in [-0.2, 0) is 0 Å². The average molecular weight is 298 g/mol. The second kappa shape index (κ2) is 5.77. The summed E-state index contributed by atoms with van der Waals surface area (Å²) < 4.78 is 0. The molecule has 1 fully saturated rings. The zero-order valence-corrected chi connectivity index (χ0v) is 12.9. The van der Waals surface area contributed by atoms with E-state index >= 15 is 0 Å². The van der Waals surface area contributed by atoms with Crippen LogP contribution in [0.25, 0.3) is 28.0 Å². The van der Waals surface area contributed by atoms with Gasteiger partial charge in [0.25, 0.3) is 0 Å². The molecule has 23 heavy (non-hydrogen) atoms. The lowest BCUT2D eigenvalue weighted by atomic mass is 9.97. The Balaban J connectivity index is 1.74.